The Balaban J connectivity index is 0.000000312. The molecule has 102 valence electrons. The number of benzene rings is 1. The fourth-order valence-electron chi connectivity index (χ4n) is 1.36. The van der Waals surface area contributed by atoms with Crippen LogP contribution in [0.4, 0.5) is 17.3 Å². The highest BCUT2D eigenvalue weighted by atomic mass is 35.5. The van der Waals surface area contributed by atoms with Crippen LogP contribution in [0, 0.1) is 0 Å². The molecule has 1 aromatic carbocycles. The van der Waals surface area contributed by atoms with Crippen molar-refractivity contribution < 1.29 is 21.8 Å². The van der Waals surface area contributed by atoms with Crippen LogP contribution < -0.4 is 4.57 Å². The molecule has 0 N–H and O–H groups in total. The van der Waals surface area contributed by atoms with Crippen molar-refractivity contribution in [3.05, 3.63) is 65.4 Å². The molecule has 0 saturated carbocycles. The molecule has 0 atom stereocenters. The summed E-state index contributed by atoms with van der Waals surface area (Å²) >= 11 is 6.04. The summed E-state index contributed by atoms with van der Waals surface area (Å²) in [4.78, 5) is 0. The van der Waals surface area contributed by atoms with Gasteiger partial charge in [0.05, 0.1) is 0 Å². The standard InChI is InChI=1S/C12H11ClN.BF4/c13-12-8-4-5-9-14(12)10-11-6-2-1-3-7-11;2-1(3,4)5/h1-9H,10H2;/q+1;-1. The molecule has 0 unspecified atom stereocenters. The van der Waals surface area contributed by atoms with Crippen LogP contribution in [0.25, 0.3) is 0 Å². The third kappa shape index (κ3) is 7.46. The Bertz CT molecular complexity index is 499. The molecule has 0 aliphatic carbocycles. The molecule has 7 heteroatoms. The van der Waals surface area contributed by atoms with E-state index >= 15 is 0 Å². The topological polar surface area (TPSA) is 3.88 Å². The van der Waals surface area contributed by atoms with Crippen molar-refractivity contribution in [2.75, 3.05) is 0 Å². The lowest BCUT2D eigenvalue weighted by molar-refractivity contribution is -0.686. The molecule has 19 heavy (non-hydrogen) atoms. The second-order valence-corrected chi connectivity index (χ2v) is 4.02. The Morgan fingerprint density at radius 2 is 1.42 bits per heavy atom. The highest BCUT2D eigenvalue weighted by Crippen LogP contribution is 2.06. The third-order valence-corrected chi connectivity index (χ3v) is 2.42. The lowest BCUT2D eigenvalue weighted by atomic mass is 10.2. The first-order valence-corrected chi connectivity index (χ1v) is 5.79. The van der Waals surface area contributed by atoms with E-state index in [1.807, 2.05) is 47.2 Å². The van der Waals surface area contributed by atoms with Crippen LogP contribution in [0.5, 0.6) is 0 Å². The van der Waals surface area contributed by atoms with Crippen molar-refractivity contribution in [2.24, 2.45) is 0 Å². The van der Waals surface area contributed by atoms with Gasteiger partial charge in [-0.3, -0.25) is 0 Å². The molecule has 0 aliphatic rings. The van der Waals surface area contributed by atoms with E-state index in [1.165, 1.54) is 5.56 Å². The molecular weight excluding hydrogens is 280 g/mol. The minimum Gasteiger partial charge on any atom is -0.418 e. The van der Waals surface area contributed by atoms with Crippen LogP contribution in [0.15, 0.2) is 54.7 Å². The number of pyridine rings is 1. The van der Waals surface area contributed by atoms with Crippen molar-refractivity contribution in [3.63, 3.8) is 0 Å². The summed E-state index contributed by atoms with van der Waals surface area (Å²) in [5.41, 5.74) is 1.26. The Hall–Kier alpha value is -1.56. The zero-order valence-corrected chi connectivity index (χ0v) is 10.6. The van der Waals surface area contributed by atoms with Crippen molar-refractivity contribution in [2.45, 2.75) is 6.54 Å². The predicted octanol–water partition coefficient (Wildman–Crippen LogP) is 3.98. The van der Waals surface area contributed by atoms with E-state index in [1.54, 1.807) is 0 Å². The van der Waals surface area contributed by atoms with Gasteiger partial charge < -0.3 is 17.3 Å². The zero-order valence-electron chi connectivity index (χ0n) is 9.82. The Kier molecular flexibility index (Phi) is 5.82. The van der Waals surface area contributed by atoms with Gasteiger partial charge in [0, 0.05) is 17.7 Å². The summed E-state index contributed by atoms with van der Waals surface area (Å²) in [5.74, 6) is 0. The van der Waals surface area contributed by atoms with Crippen LogP contribution in [-0.2, 0) is 6.54 Å². The maximum absolute atomic E-state index is 9.75. The van der Waals surface area contributed by atoms with Gasteiger partial charge in [-0.1, -0.05) is 30.3 Å². The van der Waals surface area contributed by atoms with E-state index in [9.17, 15) is 17.3 Å². The Morgan fingerprint density at radius 3 is 1.95 bits per heavy atom. The molecule has 1 heterocycles. The number of halogens is 5. The number of rotatable bonds is 2. The summed E-state index contributed by atoms with van der Waals surface area (Å²) in [6.07, 6.45) is 1.98. The van der Waals surface area contributed by atoms with Gasteiger partial charge in [-0.15, -0.1) is 0 Å². The van der Waals surface area contributed by atoms with E-state index < -0.39 is 7.25 Å². The fourth-order valence-corrected chi connectivity index (χ4v) is 1.55. The molecule has 2 aromatic rings. The first-order valence-electron chi connectivity index (χ1n) is 5.41. The first kappa shape index (κ1) is 15.5. The van der Waals surface area contributed by atoms with E-state index in [2.05, 4.69) is 12.1 Å². The summed E-state index contributed by atoms with van der Waals surface area (Å²) in [6.45, 7) is 0.820. The highest BCUT2D eigenvalue weighted by Gasteiger charge is 2.20. The molecule has 0 spiro atoms. The quantitative estimate of drug-likeness (QED) is 0.341. The Morgan fingerprint density at radius 1 is 0.895 bits per heavy atom. The van der Waals surface area contributed by atoms with Crippen LogP contribution in [0.2, 0.25) is 5.15 Å². The fraction of sp³-hybridized carbons (Fsp3) is 0.0833. The second kappa shape index (κ2) is 7.14. The monoisotopic (exact) mass is 291 g/mol. The normalized spacial score (nSPS) is 10.6. The molecule has 1 aromatic heterocycles. The third-order valence-electron chi connectivity index (χ3n) is 2.08. The largest absolute Gasteiger partial charge is 0.673 e. The molecule has 0 bridgehead atoms. The number of hydrogen-bond donors (Lipinski definition) is 0. The maximum Gasteiger partial charge on any atom is 0.673 e. The lowest BCUT2D eigenvalue weighted by Gasteiger charge is -1.98. The van der Waals surface area contributed by atoms with Crippen LogP contribution in [-0.4, -0.2) is 7.25 Å². The van der Waals surface area contributed by atoms with Crippen molar-refractivity contribution in [1.29, 1.82) is 0 Å². The van der Waals surface area contributed by atoms with Gasteiger partial charge in [-0.05, 0) is 17.7 Å². The van der Waals surface area contributed by atoms with E-state index in [-0.39, 0.29) is 0 Å². The smallest absolute Gasteiger partial charge is 0.418 e. The summed E-state index contributed by atoms with van der Waals surface area (Å²) in [7, 11) is -6.00. The van der Waals surface area contributed by atoms with Crippen LogP contribution >= 0.6 is 11.6 Å². The average Bonchev–Trinajstić information content (AvgIpc) is 2.31. The molecule has 0 fully saturated rings. The van der Waals surface area contributed by atoms with Gasteiger partial charge >= 0.3 is 7.25 Å². The van der Waals surface area contributed by atoms with Crippen molar-refractivity contribution in [1.82, 2.24) is 0 Å². The van der Waals surface area contributed by atoms with Gasteiger partial charge in [0.15, 0.2) is 12.7 Å². The molecule has 0 radical (unpaired) electrons. The SMILES string of the molecule is Clc1cccc[n+]1Cc1ccccc1.F[B-](F)(F)F. The number of nitrogens with zero attached hydrogens (tertiary/aromatic N) is 1. The predicted molar refractivity (Wildman–Crippen MR) is 67.4 cm³/mol. The average molecular weight is 291 g/mol. The molecule has 0 saturated heterocycles. The highest BCUT2D eigenvalue weighted by molar-refractivity contribution is 6.50. The van der Waals surface area contributed by atoms with Crippen molar-refractivity contribution in [3.8, 4) is 0 Å². The molecule has 1 nitrogen and oxygen atoms in total. The zero-order chi connectivity index (χ0) is 14.3. The van der Waals surface area contributed by atoms with Crippen LogP contribution in [0.1, 0.15) is 5.56 Å². The van der Waals surface area contributed by atoms with E-state index in [4.69, 9.17) is 11.6 Å². The van der Waals surface area contributed by atoms with Gasteiger partial charge in [-0.25, -0.2) is 0 Å². The Labute approximate surface area is 113 Å². The maximum atomic E-state index is 9.75. The molecular formula is C12H11BClF4N. The number of aromatic nitrogens is 1. The molecule has 0 amide bonds. The summed E-state index contributed by atoms with van der Waals surface area (Å²) < 4.78 is 41.0. The molecule has 2 rings (SSSR count). The van der Waals surface area contributed by atoms with E-state index in [0.29, 0.717) is 0 Å². The second-order valence-electron chi connectivity index (χ2n) is 3.63. The van der Waals surface area contributed by atoms with E-state index in [0.717, 1.165) is 11.7 Å². The van der Waals surface area contributed by atoms with Gasteiger partial charge in [-0.2, -0.15) is 4.57 Å². The van der Waals surface area contributed by atoms with Gasteiger partial charge in [0.25, 0.3) is 5.15 Å². The van der Waals surface area contributed by atoms with Crippen molar-refractivity contribution >= 4 is 18.9 Å². The minimum absolute atomic E-state index is 0.761. The van der Waals surface area contributed by atoms with Gasteiger partial charge in [0.2, 0.25) is 0 Å². The first-order chi connectivity index (χ1) is 8.86. The van der Waals surface area contributed by atoms with Crippen LogP contribution in [0.3, 0.4) is 0 Å². The summed E-state index contributed by atoms with van der Waals surface area (Å²) in [5, 5.41) is 0.761. The van der Waals surface area contributed by atoms with Gasteiger partial charge in [0.1, 0.15) is 0 Å². The number of hydrogen-bond acceptors (Lipinski definition) is 0. The lowest BCUT2D eigenvalue weighted by Crippen LogP contribution is -2.34. The summed E-state index contributed by atoms with van der Waals surface area (Å²) in [6, 6.07) is 16.1. The molecule has 0 aliphatic heterocycles. The minimum atomic E-state index is -6.00.